The highest BCUT2D eigenvalue weighted by Crippen LogP contribution is 2.38. The van der Waals surface area contributed by atoms with Crippen LogP contribution in [0.4, 0.5) is 19.0 Å². The van der Waals surface area contributed by atoms with E-state index in [-0.39, 0.29) is 12.1 Å². The lowest BCUT2D eigenvalue weighted by molar-refractivity contribution is -0.138. The number of hydrogen-bond acceptors (Lipinski definition) is 3. The average Bonchev–Trinajstić information content (AvgIpc) is 3.29. The second-order valence-corrected chi connectivity index (χ2v) is 5.08. The number of hydrogen-bond donors (Lipinski definition) is 1. The van der Waals surface area contributed by atoms with Gasteiger partial charge in [0.2, 0.25) is 0 Å². The molecule has 1 aliphatic carbocycles. The number of aromatic nitrogens is 2. The Labute approximate surface area is 120 Å². The molecule has 110 valence electrons. The Hall–Kier alpha value is -2.11. The molecule has 21 heavy (non-hydrogen) atoms. The van der Waals surface area contributed by atoms with E-state index in [0.29, 0.717) is 11.7 Å². The van der Waals surface area contributed by atoms with Gasteiger partial charge in [0.15, 0.2) is 0 Å². The van der Waals surface area contributed by atoms with Crippen molar-refractivity contribution in [3.05, 3.63) is 53.5 Å². The Morgan fingerprint density at radius 3 is 2.62 bits per heavy atom. The fourth-order valence-corrected chi connectivity index (χ4v) is 2.15. The molecule has 1 heterocycles. The molecule has 0 unspecified atom stereocenters. The molecular weight excluding hydrogens is 279 g/mol. The first-order valence-corrected chi connectivity index (χ1v) is 6.76. The number of nitrogens with one attached hydrogen (secondary N) is 1. The minimum Gasteiger partial charge on any atom is -0.366 e. The zero-order valence-corrected chi connectivity index (χ0v) is 11.2. The smallest absolute Gasteiger partial charge is 0.366 e. The van der Waals surface area contributed by atoms with Crippen molar-refractivity contribution < 1.29 is 13.2 Å². The third-order valence-electron chi connectivity index (χ3n) is 3.40. The standard InChI is InChI=1S/C15H14F3N3/c16-15(17,18)12-4-2-1-3-11(12)9-20-13-7-8-19-14(21-13)10-5-6-10/h1-4,7-8,10H,5-6,9H2,(H,19,20,21). The summed E-state index contributed by atoms with van der Waals surface area (Å²) in [4.78, 5) is 8.52. The summed E-state index contributed by atoms with van der Waals surface area (Å²) in [6.07, 6.45) is -0.539. The summed E-state index contributed by atoms with van der Waals surface area (Å²) in [5.41, 5.74) is -0.412. The number of nitrogens with zero attached hydrogens (tertiary/aromatic N) is 2. The van der Waals surface area contributed by atoms with Gasteiger partial charge in [0, 0.05) is 18.7 Å². The maximum absolute atomic E-state index is 12.9. The van der Waals surface area contributed by atoms with E-state index in [9.17, 15) is 13.2 Å². The lowest BCUT2D eigenvalue weighted by Crippen LogP contribution is -2.12. The van der Waals surface area contributed by atoms with Crippen molar-refractivity contribution in [2.45, 2.75) is 31.5 Å². The normalized spacial score (nSPS) is 15.0. The van der Waals surface area contributed by atoms with Gasteiger partial charge < -0.3 is 5.32 Å². The highest BCUT2D eigenvalue weighted by Gasteiger charge is 2.32. The number of halogens is 3. The van der Waals surface area contributed by atoms with E-state index in [1.807, 2.05) is 0 Å². The first-order valence-electron chi connectivity index (χ1n) is 6.76. The summed E-state index contributed by atoms with van der Waals surface area (Å²) in [6.45, 7) is 0.0802. The monoisotopic (exact) mass is 293 g/mol. The molecule has 2 aromatic rings. The Morgan fingerprint density at radius 2 is 1.90 bits per heavy atom. The fourth-order valence-electron chi connectivity index (χ4n) is 2.15. The van der Waals surface area contributed by atoms with E-state index in [2.05, 4.69) is 15.3 Å². The molecule has 3 nitrogen and oxygen atoms in total. The van der Waals surface area contributed by atoms with Crippen molar-refractivity contribution in [2.24, 2.45) is 0 Å². The molecule has 1 aromatic carbocycles. The quantitative estimate of drug-likeness (QED) is 0.926. The zero-order chi connectivity index (χ0) is 14.9. The predicted molar refractivity (Wildman–Crippen MR) is 72.8 cm³/mol. The van der Waals surface area contributed by atoms with Gasteiger partial charge in [-0.15, -0.1) is 0 Å². The van der Waals surface area contributed by atoms with Gasteiger partial charge in [-0.05, 0) is 30.5 Å². The van der Waals surface area contributed by atoms with Crippen molar-refractivity contribution >= 4 is 5.82 Å². The summed E-state index contributed by atoms with van der Waals surface area (Å²) in [5.74, 6) is 1.74. The summed E-state index contributed by atoms with van der Waals surface area (Å²) < 4.78 is 38.7. The third kappa shape index (κ3) is 3.32. The van der Waals surface area contributed by atoms with E-state index in [1.54, 1.807) is 18.3 Å². The molecule has 1 fully saturated rings. The number of anilines is 1. The predicted octanol–water partition coefficient (Wildman–Crippen LogP) is 3.98. The molecule has 1 aromatic heterocycles. The van der Waals surface area contributed by atoms with Gasteiger partial charge in [0.1, 0.15) is 11.6 Å². The van der Waals surface area contributed by atoms with E-state index in [1.165, 1.54) is 12.1 Å². The molecule has 1 saturated carbocycles. The number of benzene rings is 1. The Balaban J connectivity index is 1.74. The molecule has 1 N–H and O–H groups in total. The van der Waals surface area contributed by atoms with Crippen LogP contribution in [0.2, 0.25) is 0 Å². The van der Waals surface area contributed by atoms with Crippen LogP contribution in [0.25, 0.3) is 0 Å². The molecule has 0 saturated heterocycles. The number of alkyl halides is 3. The molecule has 0 aliphatic heterocycles. The molecule has 0 amide bonds. The van der Waals surface area contributed by atoms with E-state index in [0.717, 1.165) is 24.7 Å². The fraction of sp³-hybridized carbons (Fsp3) is 0.333. The lowest BCUT2D eigenvalue weighted by Gasteiger charge is -2.13. The van der Waals surface area contributed by atoms with Crippen molar-refractivity contribution in [1.82, 2.24) is 9.97 Å². The zero-order valence-electron chi connectivity index (χ0n) is 11.2. The molecular formula is C15H14F3N3. The topological polar surface area (TPSA) is 37.8 Å². The molecule has 1 aliphatic rings. The maximum Gasteiger partial charge on any atom is 0.416 e. The van der Waals surface area contributed by atoms with Crippen LogP contribution in [-0.4, -0.2) is 9.97 Å². The first-order chi connectivity index (χ1) is 10.0. The Bertz CT molecular complexity index is 636. The van der Waals surface area contributed by atoms with E-state index < -0.39 is 11.7 Å². The van der Waals surface area contributed by atoms with Crippen LogP contribution < -0.4 is 5.32 Å². The van der Waals surface area contributed by atoms with E-state index in [4.69, 9.17) is 0 Å². The first kappa shape index (κ1) is 13.9. The minimum absolute atomic E-state index is 0.0802. The minimum atomic E-state index is -4.34. The highest BCUT2D eigenvalue weighted by molar-refractivity contribution is 5.38. The van der Waals surface area contributed by atoms with Gasteiger partial charge >= 0.3 is 6.18 Å². The van der Waals surface area contributed by atoms with Gasteiger partial charge in [-0.1, -0.05) is 18.2 Å². The maximum atomic E-state index is 12.9. The van der Waals surface area contributed by atoms with Gasteiger partial charge in [-0.25, -0.2) is 9.97 Å². The van der Waals surface area contributed by atoms with Crippen LogP contribution in [0, 0.1) is 0 Å². The second-order valence-electron chi connectivity index (χ2n) is 5.08. The molecule has 6 heteroatoms. The summed E-state index contributed by atoms with van der Waals surface area (Å²) in [7, 11) is 0. The van der Waals surface area contributed by atoms with Crippen LogP contribution in [0.5, 0.6) is 0 Å². The molecule has 3 rings (SSSR count). The second kappa shape index (κ2) is 5.35. The van der Waals surface area contributed by atoms with Crippen molar-refractivity contribution in [3.63, 3.8) is 0 Å². The summed E-state index contributed by atoms with van der Waals surface area (Å²) in [6, 6.07) is 7.22. The van der Waals surface area contributed by atoms with Crippen LogP contribution in [0.15, 0.2) is 36.5 Å². The Kier molecular flexibility index (Phi) is 3.53. The average molecular weight is 293 g/mol. The molecule has 0 atom stereocenters. The summed E-state index contributed by atoms with van der Waals surface area (Å²) >= 11 is 0. The van der Waals surface area contributed by atoms with Crippen LogP contribution in [0.1, 0.15) is 35.7 Å². The van der Waals surface area contributed by atoms with Gasteiger partial charge in [0.05, 0.1) is 5.56 Å². The van der Waals surface area contributed by atoms with Crippen molar-refractivity contribution in [2.75, 3.05) is 5.32 Å². The van der Waals surface area contributed by atoms with Gasteiger partial charge in [0.25, 0.3) is 0 Å². The highest BCUT2D eigenvalue weighted by atomic mass is 19.4. The summed E-state index contributed by atoms with van der Waals surface area (Å²) in [5, 5.41) is 2.95. The third-order valence-corrected chi connectivity index (χ3v) is 3.40. The largest absolute Gasteiger partial charge is 0.416 e. The Morgan fingerprint density at radius 1 is 1.14 bits per heavy atom. The molecule has 0 bridgehead atoms. The molecule has 0 radical (unpaired) electrons. The van der Waals surface area contributed by atoms with Gasteiger partial charge in [-0.2, -0.15) is 13.2 Å². The van der Waals surface area contributed by atoms with E-state index >= 15 is 0 Å². The van der Waals surface area contributed by atoms with Crippen LogP contribution >= 0.6 is 0 Å². The van der Waals surface area contributed by atoms with Crippen LogP contribution in [-0.2, 0) is 12.7 Å². The number of rotatable bonds is 4. The van der Waals surface area contributed by atoms with Gasteiger partial charge in [-0.3, -0.25) is 0 Å². The van der Waals surface area contributed by atoms with Crippen molar-refractivity contribution in [3.8, 4) is 0 Å². The SMILES string of the molecule is FC(F)(F)c1ccccc1CNc1ccnc(C2CC2)n1. The van der Waals surface area contributed by atoms with Crippen molar-refractivity contribution in [1.29, 1.82) is 0 Å². The van der Waals surface area contributed by atoms with Crippen LogP contribution in [0.3, 0.4) is 0 Å². The lowest BCUT2D eigenvalue weighted by atomic mass is 10.1. The molecule has 0 spiro atoms.